The molecule has 3 rings (SSSR count). The van der Waals surface area contributed by atoms with E-state index >= 15 is 0 Å². The molecule has 2 aromatic rings. The van der Waals surface area contributed by atoms with Crippen molar-refractivity contribution in [1.29, 1.82) is 0 Å². The van der Waals surface area contributed by atoms with E-state index in [4.69, 9.17) is 10.2 Å². The Morgan fingerprint density at radius 1 is 1.27 bits per heavy atom. The topological polar surface area (TPSA) is 119 Å². The van der Waals surface area contributed by atoms with Crippen LogP contribution in [0.3, 0.4) is 0 Å². The standard InChI is InChI=1S/C13H14N4O4S/c1-22(19,20)10-4-2-9(3-5-10)17-7-8(6-11(17)18)12-15-16-13(14)21-12/h2-5,8H,6-7H2,1H3,(H2,14,16)/t8-/m0/s1. The minimum absolute atomic E-state index is 0.0293. The summed E-state index contributed by atoms with van der Waals surface area (Å²) in [6.07, 6.45) is 1.38. The maximum absolute atomic E-state index is 12.1. The zero-order valence-corrected chi connectivity index (χ0v) is 12.6. The third kappa shape index (κ3) is 2.67. The van der Waals surface area contributed by atoms with Crippen LogP contribution in [0.5, 0.6) is 0 Å². The predicted molar refractivity (Wildman–Crippen MR) is 78.0 cm³/mol. The van der Waals surface area contributed by atoms with Crippen LogP contribution in [0.2, 0.25) is 0 Å². The molecule has 0 saturated carbocycles. The second kappa shape index (κ2) is 5.09. The van der Waals surface area contributed by atoms with E-state index in [0.29, 0.717) is 18.1 Å². The van der Waals surface area contributed by atoms with E-state index in [-0.39, 0.29) is 29.2 Å². The molecule has 22 heavy (non-hydrogen) atoms. The molecule has 116 valence electrons. The molecule has 0 aliphatic carbocycles. The molecule has 8 nitrogen and oxygen atoms in total. The fourth-order valence-electron chi connectivity index (χ4n) is 2.41. The summed E-state index contributed by atoms with van der Waals surface area (Å²) in [7, 11) is -3.26. The van der Waals surface area contributed by atoms with Crippen molar-refractivity contribution >= 4 is 27.4 Å². The number of nitrogens with zero attached hydrogens (tertiary/aromatic N) is 3. The van der Waals surface area contributed by atoms with Gasteiger partial charge in [0.25, 0.3) is 0 Å². The Balaban J connectivity index is 1.82. The Morgan fingerprint density at radius 2 is 1.95 bits per heavy atom. The number of rotatable bonds is 3. The fourth-order valence-corrected chi connectivity index (χ4v) is 3.04. The van der Waals surface area contributed by atoms with Gasteiger partial charge in [0, 0.05) is 24.9 Å². The number of nitrogen functional groups attached to an aromatic ring is 1. The van der Waals surface area contributed by atoms with E-state index in [1.165, 1.54) is 12.1 Å². The minimum atomic E-state index is -3.26. The average molecular weight is 322 g/mol. The Labute approximate surface area is 126 Å². The van der Waals surface area contributed by atoms with E-state index in [1.807, 2.05) is 0 Å². The Kier molecular flexibility index (Phi) is 3.36. The van der Waals surface area contributed by atoms with Gasteiger partial charge in [0.05, 0.1) is 10.8 Å². The highest BCUT2D eigenvalue weighted by atomic mass is 32.2. The average Bonchev–Trinajstić information content (AvgIpc) is 3.04. The van der Waals surface area contributed by atoms with Crippen molar-refractivity contribution < 1.29 is 17.6 Å². The largest absolute Gasteiger partial charge is 0.408 e. The molecule has 1 aliphatic heterocycles. The second-order valence-electron chi connectivity index (χ2n) is 5.15. The molecule has 0 radical (unpaired) electrons. The molecule has 1 aliphatic rings. The third-order valence-corrected chi connectivity index (χ3v) is 4.64. The van der Waals surface area contributed by atoms with Gasteiger partial charge in [-0.3, -0.25) is 4.79 Å². The number of aromatic nitrogens is 2. The summed E-state index contributed by atoms with van der Waals surface area (Å²) >= 11 is 0. The third-order valence-electron chi connectivity index (χ3n) is 3.51. The molecular formula is C13H14N4O4S. The van der Waals surface area contributed by atoms with Gasteiger partial charge in [-0.2, -0.15) is 0 Å². The number of carbonyl (C=O) groups excluding carboxylic acids is 1. The van der Waals surface area contributed by atoms with Gasteiger partial charge in [-0.1, -0.05) is 5.10 Å². The summed E-state index contributed by atoms with van der Waals surface area (Å²) in [6, 6.07) is 6.15. The zero-order valence-electron chi connectivity index (χ0n) is 11.8. The van der Waals surface area contributed by atoms with Crippen LogP contribution in [0, 0.1) is 0 Å². The molecule has 0 unspecified atom stereocenters. The van der Waals surface area contributed by atoms with Gasteiger partial charge >= 0.3 is 6.01 Å². The molecule has 1 saturated heterocycles. The molecule has 1 aromatic carbocycles. The summed E-state index contributed by atoms with van der Waals surface area (Å²) in [6.45, 7) is 0.388. The Bertz CT molecular complexity index is 813. The van der Waals surface area contributed by atoms with Gasteiger partial charge in [-0.05, 0) is 24.3 Å². The first-order valence-electron chi connectivity index (χ1n) is 6.54. The van der Waals surface area contributed by atoms with Crippen LogP contribution in [0.4, 0.5) is 11.7 Å². The van der Waals surface area contributed by atoms with Crippen molar-refractivity contribution in [3.8, 4) is 0 Å². The van der Waals surface area contributed by atoms with Crippen molar-refractivity contribution in [1.82, 2.24) is 10.2 Å². The summed E-state index contributed by atoms with van der Waals surface area (Å²) in [4.78, 5) is 13.9. The second-order valence-corrected chi connectivity index (χ2v) is 7.17. The highest BCUT2D eigenvalue weighted by Gasteiger charge is 2.34. The van der Waals surface area contributed by atoms with Crippen LogP contribution in [0.15, 0.2) is 33.6 Å². The lowest BCUT2D eigenvalue weighted by atomic mass is 10.1. The molecule has 0 bridgehead atoms. The smallest absolute Gasteiger partial charge is 0.312 e. The lowest BCUT2D eigenvalue weighted by molar-refractivity contribution is -0.117. The molecule has 2 heterocycles. The van der Waals surface area contributed by atoms with Gasteiger partial charge in [0.2, 0.25) is 11.8 Å². The van der Waals surface area contributed by atoms with Crippen molar-refractivity contribution in [3.05, 3.63) is 30.2 Å². The number of carbonyl (C=O) groups is 1. The van der Waals surface area contributed by atoms with Crippen LogP contribution in [-0.4, -0.2) is 37.3 Å². The van der Waals surface area contributed by atoms with Gasteiger partial charge in [0.1, 0.15) is 0 Å². The summed E-state index contributed by atoms with van der Waals surface area (Å²) in [5, 5.41) is 7.39. The van der Waals surface area contributed by atoms with Crippen molar-refractivity contribution in [3.63, 3.8) is 0 Å². The quantitative estimate of drug-likeness (QED) is 0.877. The van der Waals surface area contributed by atoms with Crippen molar-refractivity contribution in [2.45, 2.75) is 17.2 Å². The Hall–Kier alpha value is -2.42. The summed E-state index contributed by atoms with van der Waals surface area (Å²) in [5.41, 5.74) is 6.02. The fraction of sp³-hybridized carbons (Fsp3) is 0.308. The summed E-state index contributed by atoms with van der Waals surface area (Å²) < 4.78 is 28.1. The lowest BCUT2D eigenvalue weighted by Gasteiger charge is -2.16. The van der Waals surface area contributed by atoms with Gasteiger partial charge < -0.3 is 15.1 Å². The number of anilines is 2. The van der Waals surface area contributed by atoms with E-state index in [2.05, 4.69) is 10.2 Å². The number of amides is 1. The Morgan fingerprint density at radius 3 is 2.50 bits per heavy atom. The van der Waals surface area contributed by atoms with E-state index in [9.17, 15) is 13.2 Å². The molecular weight excluding hydrogens is 308 g/mol. The highest BCUT2D eigenvalue weighted by Crippen LogP contribution is 2.31. The monoisotopic (exact) mass is 322 g/mol. The van der Waals surface area contributed by atoms with E-state index in [1.54, 1.807) is 17.0 Å². The summed E-state index contributed by atoms with van der Waals surface area (Å²) in [5.74, 6) is 0.0295. The number of nitrogens with two attached hydrogens (primary N) is 1. The first-order chi connectivity index (χ1) is 10.3. The van der Waals surface area contributed by atoms with Gasteiger partial charge in [-0.25, -0.2) is 8.42 Å². The van der Waals surface area contributed by atoms with Gasteiger partial charge in [0.15, 0.2) is 9.84 Å². The molecule has 0 spiro atoms. The normalized spacial score (nSPS) is 18.9. The number of hydrogen-bond donors (Lipinski definition) is 1. The van der Waals surface area contributed by atoms with Crippen LogP contribution in [0.25, 0.3) is 0 Å². The van der Waals surface area contributed by atoms with Crippen LogP contribution in [-0.2, 0) is 14.6 Å². The number of benzene rings is 1. The van der Waals surface area contributed by atoms with Crippen molar-refractivity contribution in [2.75, 3.05) is 23.4 Å². The van der Waals surface area contributed by atoms with Crippen LogP contribution in [0.1, 0.15) is 18.2 Å². The van der Waals surface area contributed by atoms with Crippen LogP contribution < -0.4 is 10.6 Å². The van der Waals surface area contributed by atoms with E-state index in [0.717, 1.165) is 6.26 Å². The lowest BCUT2D eigenvalue weighted by Crippen LogP contribution is -2.24. The molecule has 1 amide bonds. The maximum atomic E-state index is 12.1. The number of sulfone groups is 1. The first kappa shape index (κ1) is 14.5. The molecule has 1 aromatic heterocycles. The van der Waals surface area contributed by atoms with Crippen LogP contribution >= 0.6 is 0 Å². The minimum Gasteiger partial charge on any atom is -0.408 e. The first-order valence-corrected chi connectivity index (χ1v) is 8.43. The number of hydrogen-bond acceptors (Lipinski definition) is 7. The van der Waals surface area contributed by atoms with E-state index < -0.39 is 9.84 Å². The molecule has 2 N–H and O–H groups in total. The maximum Gasteiger partial charge on any atom is 0.312 e. The highest BCUT2D eigenvalue weighted by molar-refractivity contribution is 7.90. The SMILES string of the molecule is CS(=O)(=O)c1ccc(N2C[C@@H](c3nnc(N)o3)CC2=O)cc1. The zero-order chi connectivity index (χ0) is 15.9. The van der Waals surface area contributed by atoms with Gasteiger partial charge in [-0.15, -0.1) is 5.10 Å². The van der Waals surface area contributed by atoms with Crippen molar-refractivity contribution in [2.24, 2.45) is 0 Å². The molecule has 1 fully saturated rings. The molecule has 1 atom stereocenters. The predicted octanol–water partition coefficient (Wildman–Crippen LogP) is 0.576. The molecule has 9 heteroatoms.